The van der Waals surface area contributed by atoms with Crippen LogP contribution in [0.5, 0.6) is 0 Å². The van der Waals surface area contributed by atoms with E-state index in [0.29, 0.717) is 0 Å². The molecule has 1 heterocycles. The Labute approximate surface area is 175 Å². The summed E-state index contributed by atoms with van der Waals surface area (Å²) in [6.45, 7) is 18.3. The summed E-state index contributed by atoms with van der Waals surface area (Å²) in [5.41, 5.74) is -5.03. The Balaban J connectivity index is 2.00. The molecule has 29 heavy (non-hydrogen) atoms. The van der Waals surface area contributed by atoms with Crippen LogP contribution in [0.25, 0.3) is 0 Å². The van der Waals surface area contributed by atoms with Crippen LogP contribution >= 0.6 is 8.45 Å². The predicted octanol–water partition coefficient (Wildman–Crippen LogP) is 1.27. The highest BCUT2D eigenvalue weighted by atomic mass is 31.2. The van der Waals surface area contributed by atoms with E-state index in [1.807, 2.05) is 0 Å². The number of aliphatic hydroxyl groups excluding tert-OH is 1. The van der Waals surface area contributed by atoms with E-state index >= 15 is 0 Å². The molecular formula is C20H39N2O6P. The van der Waals surface area contributed by atoms with Crippen molar-refractivity contribution >= 4 is 8.45 Å². The lowest BCUT2D eigenvalue weighted by molar-refractivity contribution is -0.207. The molecule has 4 N–H and O–H groups in total. The molecule has 3 aliphatic rings. The molecule has 3 fully saturated rings. The van der Waals surface area contributed by atoms with Crippen molar-refractivity contribution in [2.75, 3.05) is 26.2 Å². The molecule has 170 valence electrons. The topological polar surface area (TPSA) is 106 Å². The molecule has 6 atom stereocenters. The number of ether oxygens (including phenoxy) is 1. The Morgan fingerprint density at radius 1 is 0.897 bits per heavy atom. The van der Waals surface area contributed by atoms with Crippen LogP contribution in [0.1, 0.15) is 55.4 Å². The summed E-state index contributed by atoms with van der Waals surface area (Å²) in [6.07, 6.45) is -3.03. The zero-order valence-corrected chi connectivity index (χ0v) is 19.9. The van der Waals surface area contributed by atoms with Crippen LogP contribution in [-0.4, -0.2) is 91.2 Å². The van der Waals surface area contributed by atoms with Gasteiger partial charge in [0.25, 0.3) is 0 Å². The minimum atomic E-state index is -1.82. The third-order valence-electron chi connectivity index (χ3n) is 7.87. The van der Waals surface area contributed by atoms with Crippen molar-refractivity contribution in [2.45, 2.75) is 90.7 Å². The van der Waals surface area contributed by atoms with Gasteiger partial charge < -0.3 is 29.7 Å². The van der Waals surface area contributed by atoms with Crippen molar-refractivity contribution < 1.29 is 29.7 Å². The molecule has 2 saturated carbocycles. The maximum absolute atomic E-state index is 11.5. The fourth-order valence-corrected chi connectivity index (χ4v) is 7.20. The van der Waals surface area contributed by atoms with Crippen molar-refractivity contribution in [1.82, 2.24) is 9.34 Å². The van der Waals surface area contributed by atoms with Crippen molar-refractivity contribution in [3.63, 3.8) is 0 Å². The van der Waals surface area contributed by atoms with Crippen molar-refractivity contribution in [1.29, 1.82) is 0 Å². The van der Waals surface area contributed by atoms with Crippen LogP contribution in [0.3, 0.4) is 0 Å². The summed E-state index contributed by atoms with van der Waals surface area (Å²) in [7, 11) is -1.26. The van der Waals surface area contributed by atoms with E-state index < -0.39 is 54.6 Å². The zero-order chi connectivity index (χ0) is 22.2. The molecule has 3 rings (SSSR count). The Morgan fingerprint density at radius 2 is 1.31 bits per heavy atom. The average molecular weight is 435 g/mol. The van der Waals surface area contributed by atoms with Gasteiger partial charge in [0.15, 0.2) is 14.1 Å². The highest BCUT2D eigenvalue weighted by Gasteiger charge is 2.96. The normalized spacial score (nSPS) is 44.6. The first-order valence-electron chi connectivity index (χ1n) is 10.8. The Morgan fingerprint density at radius 3 is 1.66 bits per heavy atom. The van der Waals surface area contributed by atoms with Gasteiger partial charge in [-0.1, -0.05) is 55.4 Å². The SMILES string of the molecule is CCN(CC)P(O[C@H]1[C@@H]([C@]2(O)C(O)C2(C)C)O[C@@]2(O)C(C)(C)[C@@]12O)N(CC)CC. The lowest BCUT2D eigenvalue weighted by atomic mass is 9.91. The van der Waals surface area contributed by atoms with Gasteiger partial charge >= 0.3 is 0 Å². The number of hydrogen-bond donors (Lipinski definition) is 4. The van der Waals surface area contributed by atoms with Gasteiger partial charge in [-0.25, -0.2) is 9.34 Å². The highest BCUT2D eigenvalue weighted by Crippen LogP contribution is 2.77. The molecule has 8 nitrogen and oxygen atoms in total. The molecule has 1 aliphatic heterocycles. The summed E-state index contributed by atoms with van der Waals surface area (Å²) in [5.74, 6) is -1.82. The van der Waals surface area contributed by atoms with E-state index in [0.717, 1.165) is 26.2 Å². The molecule has 9 heteroatoms. The minimum absolute atomic E-state index is 0.765. The quantitative estimate of drug-likeness (QED) is 0.402. The van der Waals surface area contributed by atoms with Gasteiger partial charge in [-0.15, -0.1) is 0 Å². The Bertz CT molecular complexity index is 630. The molecule has 0 bridgehead atoms. The standard InChI is InChI=1S/C20H39N2O6P/c1-9-21(10-2)29(22(11-3)12-4)28-14-13(18(24)15(23)16(18,5)6)27-20(26)17(7,8)19(14,20)25/h13-15,23-26H,9-12H2,1-8H3/t13-,14-,15?,18-,19-,20-/m0/s1. The van der Waals surface area contributed by atoms with Gasteiger partial charge in [0, 0.05) is 31.6 Å². The van der Waals surface area contributed by atoms with Gasteiger partial charge in [0.05, 0.1) is 11.5 Å². The van der Waals surface area contributed by atoms with Gasteiger partial charge in [0.2, 0.25) is 5.79 Å². The van der Waals surface area contributed by atoms with E-state index in [9.17, 15) is 20.4 Å². The third-order valence-corrected chi connectivity index (χ3v) is 10.4. The van der Waals surface area contributed by atoms with E-state index in [-0.39, 0.29) is 0 Å². The number of fused-ring (bicyclic) bond motifs is 1. The zero-order valence-electron chi connectivity index (χ0n) is 19.0. The summed E-state index contributed by atoms with van der Waals surface area (Å²) < 4.78 is 16.9. The maximum Gasteiger partial charge on any atom is 0.207 e. The van der Waals surface area contributed by atoms with Crippen LogP contribution in [0.15, 0.2) is 0 Å². The lowest BCUT2D eigenvalue weighted by Crippen LogP contribution is -2.51. The second-order valence-electron chi connectivity index (χ2n) is 9.58. The van der Waals surface area contributed by atoms with Crippen LogP contribution < -0.4 is 0 Å². The van der Waals surface area contributed by atoms with E-state index in [1.54, 1.807) is 27.7 Å². The summed E-state index contributed by atoms with van der Waals surface area (Å²) >= 11 is 0. The molecule has 2 aliphatic carbocycles. The molecule has 0 aromatic heterocycles. The van der Waals surface area contributed by atoms with Gasteiger partial charge in [-0.2, -0.15) is 0 Å². The van der Waals surface area contributed by atoms with E-state index in [4.69, 9.17) is 9.26 Å². The number of rotatable bonds is 9. The molecule has 0 aromatic carbocycles. The summed E-state index contributed by atoms with van der Waals surface area (Å²) in [4.78, 5) is 0. The van der Waals surface area contributed by atoms with Crippen molar-refractivity contribution in [3.8, 4) is 0 Å². The largest absolute Gasteiger partial charge is 0.389 e. The minimum Gasteiger partial charge on any atom is -0.389 e. The number of hydrogen-bond acceptors (Lipinski definition) is 8. The maximum atomic E-state index is 11.5. The van der Waals surface area contributed by atoms with E-state index in [1.165, 1.54) is 0 Å². The molecule has 1 unspecified atom stereocenters. The van der Waals surface area contributed by atoms with Crippen LogP contribution in [0.4, 0.5) is 0 Å². The van der Waals surface area contributed by atoms with Gasteiger partial charge in [0.1, 0.15) is 17.8 Å². The van der Waals surface area contributed by atoms with Gasteiger partial charge in [-0.05, 0) is 0 Å². The van der Waals surface area contributed by atoms with Crippen LogP contribution in [0, 0.1) is 10.8 Å². The fraction of sp³-hybridized carbons (Fsp3) is 1.00. The van der Waals surface area contributed by atoms with E-state index in [2.05, 4.69) is 37.0 Å². The van der Waals surface area contributed by atoms with Crippen molar-refractivity contribution in [2.24, 2.45) is 10.8 Å². The number of aliphatic hydroxyl groups is 4. The lowest BCUT2D eigenvalue weighted by Gasteiger charge is -2.41. The number of nitrogens with zero attached hydrogens (tertiary/aromatic N) is 2. The smallest absolute Gasteiger partial charge is 0.207 e. The monoisotopic (exact) mass is 434 g/mol. The molecule has 1 saturated heterocycles. The third kappa shape index (κ3) is 2.65. The molecule has 0 radical (unpaired) electrons. The summed E-state index contributed by atoms with van der Waals surface area (Å²) in [5, 5.41) is 44.3. The summed E-state index contributed by atoms with van der Waals surface area (Å²) in [6, 6.07) is 0. The highest BCUT2D eigenvalue weighted by molar-refractivity contribution is 7.47. The first-order valence-corrected chi connectivity index (χ1v) is 11.9. The second kappa shape index (κ2) is 7.06. The predicted molar refractivity (Wildman–Crippen MR) is 111 cm³/mol. The van der Waals surface area contributed by atoms with Crippen LogP contribution in [-0.2, 0) is 9.26 Å². The average Bonchev–Trinajstić information content (AvgIpc) is 3.13. The second-order valence-corrected chi connectivity index (χ2v) is 11.4. The molecule has 0 aromatic rings. The Hall–Kier alpha value is 0.110. The molecule has 0 spiro atoms. The van der Waals surface area contributed by atoms with Crippen molar-refractivity contribution in [3.05, 3.63) is 0 Å². The van der Waals surface area contributed by atoms with Gasteiger partial charge in [-0.3, -0.25) is 0 Å². The Kier molecular flexibility index (Phi) is 5.78. The fourth-order valence-electron chi connectivity index (χ4n) is 5.14. The first kappa shape index (κ1) is 23.8. The molecular weight excluding hydrogens is 395 g/mol. The molecule has 0 amide bonds. The van der Waals surface area contributed by atoms with Crippen LogP contribution in [0.2, 0.25) is 0 Å². The first-order chi connectivity index (χ1) is 13.3.